The Morgan fingerprint density at radius 3 is 1.59 bits per heavy atom. The molecule has 0 aliphatic heterocycles. The van der Waals surface area contributed by atoms with Crippen LogP contribution in [0.4, 0.5) is 17.1 Å². The summed E-state index contributed by atoms with van der Waals surface area (Å²) >= 11 is 0. The molecule has 0 amide bonds. The fraction of sp³-hybridized carbons (Fsp3) is 0.0645. The summed E-state index contributed by atoms with van der Waals surface area (Å²) in [6, 6.07) is 84.9. The van der Waals surface area contributed by atoms with Gasteiger partial charge in [0.1, 0.15) is 0 Å². The molecule has 0 radical (unpaired) electrons. The Labute approximate surface area is 375 Å². The van der Waals surface area contributed by atoms with E-state index in [4.69, 9.17) is 0 Å². The molecule has 304 valence electrons. The van der Waals surface area contributed by atoms with Gasteiger partial charge < -0.3 is 9.47 Å². The fourth-order valence-corrected chi connectivity index (χ4v) is 10.8. The fourth-order valence-electron chi connectivity index (χ4n) is 10.8. The molecular formula is C62H46N2. The molecule has 64 heavy (non-hydrogen) atoms. The zero-order valence-electron chi connectivity index (χ0n) is 35.8. The van der Waals surface area contributed by atoms with Gasteiger partial charge in [-0.15, -0.1) is 0 Å². The summed E-state index contributed by atoms with van der Waals surface area (Å²) < 4.78 is 2.43. The third-order valence-electron chi connectivity index (χ3n) is 13.7. The Kier molecular flexibility index (Phi) is 9.12. The van der Waals surface area contributed by atoms with E-state index >= 15 is 0 Å². The molecule has 0 bridgehead atoms. The van der Waals surface area contributed by atoms with Crippen molar-refractivity contribution >= 4 is 34.0 Å². The quantitative estimate of drug-likeness (QED) is 0.148. The van der Waals surface area contributed by atoms with Gasteiger partial charge in [-0.1, -0.05) is 189 Å². The number of hydrogen-bond acceptors (Lipinski definition) is 1. The van der Waals surface area contributed by atoms with Crippen LogP contribution >= 0.6 is 0 Å². The normalized spacial score (nSPS) is 14.5. The van der Waals surface area contributed by atoms with E-state index in [-0.39, 0.29) is 0 Å². The Morgan fingerprint density at radius 2 is 0.953 bits per heavy atom. The van der Waals surface area contributed by atoms with E-state index < -0.39 is 5.41 Å². The van der Waals surface area contributed by atoms with Gasteiger partial charge in [0.25, 0.3) is 0 Å². The van der Waals surface area contributed by atoms with E-state index in [1.807, 2.05) is 0 Å². The topological polar surface area (TPSA) is 8.17 Å². The highest BCUT2D eigenvalue weighted by molar-refractivity contribution is 5.92. The number of para-hydroxylation sites is 1. The van der Waals surface area contributed by atoms with Gasteiger partial charge >= 0.3 is 0 Å². The predicted octanol–water partition coefficient (Wildman–Crippen LogP) is 16.3. The highest BCUT2D eigenvalue weighted by Crippen LogP contribution is 2.57. The van der Waals surface area contributed by atoms with Crippen molar-refractivity contribution in [3.05, 3.63) is 270 Å². The third-order valence-corrected chi connectivity index (χ3v) is 13.7. The molecule has 9 aromatic carbocycles. The van der Waals surface area contributed by atoms with Crippen LogP contribution in [0.3, 0.4) is 0 Å². The second-order valence-corrected chi connectivity index (χ2v) is 17.3. The van der Waals surface area contributed by atoms with Crippen molar-refractivity contribution in [2.24, 2.45) is 0 Å². The summed E-state index contributed by atoms with van der Waals surface area (Å²) in [5.74, 6) is 0.494. The summed E-state index contributed by atoms with van der Waals surface area (Å²) in [7, 11) is 0. The van der Waals surface area contributed by atoms with E-state index in [0.717, 1.165) is 23.5 Å². The van der Waals surface area contributed by atoms with E-state index in [1.165, 1.54) is 83.5 Å². The van der Waals surface area contributed by atoms with Crippen LogP contribution in [-0.4, -0.2) is 4.57 Å². The van der Waals surface area contributed by atoms with Gasteiger partial charge in [-0.3, -0.25) is 0 Å². The predicted molar refractivity (Wildman–Crippen MR) is 268 cm³/mol. The second kappa shape index (κ2) is 15.4. The van der Waals surface area contributed by atoms with E-state index in [9.17, 15) is 0 Å². The van der Waals surface area contributed by atoms with E-state index in [2.05, 4.69) is 259 Å². The highest BCUT2D eigenvalue weighted by atomic mass is 15.1. The van der Waals surface area contributed by atoms with Crippen molar-refractivity contribution in [2.45, 2.75) is 24.7 Å². The van der Waals surface area contributed by atoms with Crippen LogP contribution in [0.25, 0.3) is 56.0 Å². The smallest absolute Gasteiger partial charge is 0.0714 e. The molecule has 12 rings (SSSR count). The molecule has 10 aromatic rings. The first kappa shape index (κ1) is 37.8. The zero-order valence-corrected chi connectivity index (χ0v) is 35.8. The molecule has 1 atom stereocenters. The summed E-state index contributed by atoms with van der Waals surface area (Å²) in [6.45, 7) is 2.35. The van der Waals surface area contributed by atoms with Crippen LogP contribution in [0.1, 0.15) is 52.8 Å². The van der Waals surface area contributed by atoms with Crippen molar-refractivity contribution in [1.82, 2.24) is 4.57 Å². The average molecular weight is 819 g/mol. The van der Waals surface area contributed by atoms with Crippen LogP contribution in [0.2, 0.25) is 0 Å². The van der Waals surface area contributed by atoms with Crippen LogP contribution in [0.5, 0.6) is 0 Å². The minimum absolute atomic E-state index is 0.494. The minimum Gasteiger partial charge on any atom is -0.310 e. The van der Waals surface area contributed by atoms with E-state index in [0.29, 0.717) is 5.92 Å². The monoisotopic (exact) mass is 818 g/mol. The first-order chi connectivity index (χ1) is 31.7. The van der Waals surface area contributed by atoms with Gasteiger partial charge in [0, 0.05) is 33.8 Å². The van der Waals surface area contributed by atoms with Crippen LogP contribution in [-0.2, 0) is 5.41 Å². The Bertz CT molecular complexity index is 3290. The number of rotatable bonds is 8. The maximum Gasteiger partial charge on any atom is 0.0714 e. The number of fused-ring (bicyclic) bond motifs is 6. The first-order valence-electron chi connectivity index (χ1n) is 22.5. The number of anilines is 3. The Hall–Kier alpha value is -7.94. The van der Waals surface area contributed by atoms with E-state index in [1.54, 1.807) is 0 Å². The van der Waals surface area contributed by atoms with Crippen LogP contribution in [0.15, 0.2) is 237 Å². The summed E-state index contributed by atoms with van der Waals surface area (Å²) in [5.41, 5.74) is 20.4. The summed E-state index contributed by atoms with van der Waals surface area (Å²) in [6.07, 6.45) is 5.71. The van der Waals surface area contributed by atoms with Gasteiger partial charge in [0.15, 0.2) is 0 Å². The SMILES string of the molecule is CC1CC=Cc2c1c1ccccc1n2-c1ccc(-c2ccc(N(c3ccc(-c4ccccc4)cc3)c3ccc4c(c3)C(c3ccccc3)(c3ccccc3)c3ccccc3-4)cc2)cc1. The van der Waals surface area contributed by atoms with Crippen molar-refractivity contribution in [1.29, 1.82) is 0 Å². The Balaban J connectivity index is 0.973. The maximum atomic E-state index is 2.45. The van der Waals surface area contributed by atoms with Crippen LogP contribution < -0.4 is 4.90 Å². The van der Waals surface area contributed by atoms with Gasteiger partial charge in [0.05, 0.1) is 10.9 Å². The van der Waals surface area contributed by atoms with Gasteiger partial charge in [-0.05, 0) is 134 Å². The summed E-state index contributed by atoms with van der Waals surface area (Å²) in [4.78, 5) is 2.42. The lowest BCUT2D eigenvalue weighted by Crippen LogP contribution is -2.28. The third kappa shape index (κ3) is 6.02. The first-order valence-corrected chi connectivity index (χ1v) is 22.5. The molecule has 1 heterocycles. The van der Waals surface area contributed by atoms with Gasteiger partial charge in [-0.2, -0.15) is 0 Å². The number of nitrogens with zero attached hydrogens (tertiary/aromatic N) is 2. The molecule has 2 aliphatic rings. The molecule has 0 N–H and O–H groups in total. The molecule has 2 heteroatoms. The molecular weight excluding hydrogens is 773 g/mol. The lowest BCUT2D eigenvalue weighted by atomic mass is 9.67. The second-order valence-electron chi connectivity index (χ2n) is 17.3. The van der Waals surface area contributed by atoms with Gasteiger partial charge in [0.2, 0.25) is 0 Å². The average Bonchev–Trinajstić information content (AvgIpc) is 3.87. The lowest BCUT2D eigenvalue weighted by Gasteiger charge is -2.35. The molecule has 0 spiro atoms. The zero-order chi connectivity index (χ0) is 42.6. The lowest BCUT2D eigenvalue weighted by molar-refractivity contribution is 0.768. The molecule has 1 aromatic heterocycles. The van der Waals surface area contributed by atoms with Crippen molar-refractivity contribution in [3.8, 4) is 39.1 Å². The maximum absolute atomic E-state index is 2.45. The molecule has 2 nitrogen and oxygen atoms in total. The van der Waals surface area contributed by atoms with Crippen molar-refractivity contribution in [2.75, 3.05) is 4.90 Å². The number of benzene rings is 9. The number of allylic oxidation sites excluding steroid dienone is 1. The molecule has 0 saturated heterocycles. The van der Waals surface area contributed by atoms with Gasteiger partial charge in [-0.25, -0.2) is 0 Å². The largest absolute Gasteiger partial charge is 0.310 e. The molecule has 1 unspecified atom stereocenters. The summed E-state index contributed by atoms with van der Waals surface area (Å²) in [5, 5.41) is 1.35. The standard InChI is InChI=1S/C62H46N2/c1-43-16-15-27-60-61(43)56-24-12-14-26-59(56)64(60)52-38-32-47(33-39-52)46-30-36-51(37-31-46)63(50-34-28-45(29-35-50)44-17-5-2-6-18-44)53-40-41-55-54-23-11-13-25-57(54)62(58(55)42-53,48-19-7-3-8-20-48)49-21-9-4-10-22-49/h2-15,17-43H,16H2,1H3. The molecule has 2 aliphatic carbocycles. The highest BCUT2D eigenvalue weighted by Gasteiger charge is 2.46. The number of hydrogen-bond donors (Lipinski definition) is 0. The van der Waals surface area contributed by atoms with Crippen molar-refractivity contribution < 1.29 is 0 Å². The Morgan fingerprint density at radius 1 is 0.453 bits per heavy atom. The van der Waals surface area contributed by atoms with Crippen molar-refractivity contribution in [3.63, 3.8) is 0 Å². The molecule has 0 fully saturated rings. The molecule has 0 saturated carbocycles. The van der Waals surface area contributed by atoms with Crippen LogP contribution in [0, 0.1) is 0 Å². The number of aromatic nitrogens is 1. The minimum atomic E-state index is -0.496.